The van der Waals surface area contributed by atoms with Gasteiger partial charge in [0.25, 0.3) is 5.91 Å². The average molecular weight is 346 g/mol. The summed E-state index contributed by atoms with van der Waals surface area (Å²) in [7, 11) is 0. The minimum atomic E-state index is -0.926. The lowest BCUT2D eigenvalue weighted by atomic mass is 9.98. The molecule has 0 radical (unpaired) electrons. The number of fused-ring (bicyclic) bond motifs is 1. The first kappa shape index (κ1) is 16.4. The van der Waals surface area contributed by atoms with Crippen LogP contribution >= 0.6 is 11.3 Å². The maximum absolute atomic E-state index is 13.6. The van der Waals surface area contributed by atoms with Crippen LogP contribution in [0.3, 0.4) is 0 Å². The van der Waals surface area contributed by atoms with Crippen LogP contribution in [0.4, 0.5) is 4.39 Å². The van der Waals surface area contributed by atoms with Crippen LogP contribution in [0.5, 0.6) is 0 Å². The van der Waals surface area contributed by atoms with Crippen LogP contribution in [-0.4, -0.2) is 24.0 Å². The largest absolute Gasteiger partial charge is 0.451 e. The second-order valence-electron chi connectivity index (χ2n) is 5.98. The van der Waals surface area contributed by atoms with Crippen molar-refractivity contribution in [1.82, 2.24) is 5.32 Å². The molecule has 0 unspecified atom stereocenters. The van der Waals surface area contributed by atoms with E-state index in [9.17, 15) is 19.2 Å². The fourth-order valence-corrected chi connectivity index (χ4v) is 3.50. The number of nitriles is 1. The zero-order valence-corrected chi connectivity index (χ0v) is 13.8. The van der Waals surface area contributed by atoms with Gasteiger partial charge in [0.15, 0.2) is 6.61 Å². The third-order valence-electron chi connectivity index (χ3n) is 4.07. The second kappa shape index (κ2) is 6.21. The summed E-state index contributed by atoms with van der Waals surface area (Å²) in [5, 5.41) is 12.2. The number of rotatable bonds is 5. The SMILES string of the molecule is C[C@@](C#N)(NC(=O)COC(=O)c1cc2c(F)cccc2s1)C1CC1. The lowest BCUT2D eigenvalue weighted by Gasteiger charge is -2.22. The number of carbonyl (C=O) groups is 2. The molecule has 1 fully saturated rings. The molecule has 1 aromatic carbocycles. The summed E-state index contributed by atoms with van der Waals surface area (Å²) in [4.78, 5) is 24.2. The Hall–Kier alpha value is -2.46. The van der Waals surface area contributed by atoms with Crippen LogP contribution in [0.2, 0.25) is 0 Å². The number of hydrogen-bond acceptors (Lipinski definition) is 5. The van der Waals surface area contributed by atoms with Crippen molar-refractivity contribution in [2.24, 2.45) is 5.92 Å². The summed E-state index contributed by atoms with van der Waals surface area (Å²) in [5.74, 6) is -1.47. The van der Waals surface area contributed by atoms with Crippen LogP contribution in [-0.2, 0) is 9.53 Å². The maximum atomic E-state index is 13.6. The minimum Gasteiger partial charge on any atom is -0.451 e. The second-order valence-corrected chi connectivity index (χ2v) is 7.06. The van der Waals surface area contributed by atoms with Crippen molar-refractivity contribution in [1.29, 1.82) is 5.26 Å². The first-order valence-corrected chi connectivity index (χ1v) is 8.32. The third-order valence-corrected chi connectivity index (χ3v) is 5.15. The van der Waals surface area contributed by atoms with E-state index in [4.69, 9.17) is 4.74 Å². The van der Waals surface area contributed by atoms with Gasteiger partial charge in [-0.15, -0.1) is 11.3 Å². The zero-order chi connectivity index (χ0) is 17.3. The summed E-state index contributed by atoms with van der Waals surface area (Å²) >= 11 is 1.11. The minimum absolute atomic E-state index is 0.146. The van der Waals surface area contributed by atoms with E-state index >= 15 is 0 Å². The highest BCUT2D eigenvalue weighted by Crippen LogP contribution is 2.39. The Morgan fingerprint density at radius 3 is 2.88 bits per heavy atom. The molecule has 24 heavy (non-hydrogen) atoms. The van der Waals surface area contributed by atoms with Crippen molar-refractivity contribution < 1.29 is 18.7 Å². The first-order valence-electron chi connectivity index (χ1n) is 7.50. The number of esters is 1. The number of carbonyl (C=O) groups excluding carboxylic acids is 2. The van der Waals surface area contributed by atoms with Crippen LogP contribution in [0.25, 0.3) is 10.1 Å². The molecule has 1 aliphatic rings. The summed E-state index contributed by atoms with van der Waals surface area (Å²) in [6.45, 7) is 1.19. The van der Waals surface area contributed by atoms with Crippen molar-refractivity contribution in [2.45, 2.75) is 25.3 Å². The maximum Gasteiger partial charge on any atom is 0.348 e. The summed E-state index contributed by atoms with van der Waals surface area (Å²) in [5.41, 5.74) is -0.926. The number of halogens is 1. The van der Waals surface area contributed by atoms with Gasteiger partial charge in [0.05, 0.1) is 6.07 Å². The normalized spacial score (nSPS) is 16.2. The van der Waals surface area contributed by atoms with E-state index in [1.807, 2.05) is 0 Å². The Balaban J connectivity index is 1.61. The molecule has 1 aliphatic carbocycles. The number of benzene rings is 1. The van der Waals surface area contributed by atoms with Gasteiger partial charge in [-0.05, 0) is 43.9 Å². The van der Waals surface area contributed by atoms with Crippen LogP contribution in [0.1, 0.15) is 29.4 Å². The Kier molecular flexibility index (Phi) is 4.24. The van der Waals surface area contributed by atoms with E-state index in [-0.39, 0.29) is 10.8 Å². The fourth-order valence-electron chi connectivity index (χ4n) is 2.54. The molecule has 1 aromatic heterocycles. The van der Waals surface area contributed by atoms with Crippen LogP contribution in [0.15, 0.2) is 24.3 Å². The molecule has 1 amide bonds. The van der Waals surface area contributed by atoms with Gasteiger partial charge in [-0.3, -0.25) is 4.79 Å². The monoisotopic (exact) mass is 346 g/mol. The Morgan fingerprint density at radius 1 is 1.50 bits per heavy atom. The molecule has 1 saturated carbocycles. The van der Waals surface area contributed by atoms with Crippen molar-refractivity contribution in [3.63, 3.8) is 0 Å². The van der Waals surface area contributed by atoms with Crippen molar-refractivity contribution in [3.05, 3.63) is 35.0 Å². The zero-order valence-electron chi connectivity index (χ0n) is 13.0. The van der Waals surface area contributed by atoms with Gasteiger partial charge in [0, 0.05) is 10.1 Å². The molecule has 1 N–H and O–H groups in total. The lowest BCUT2D eigenvalue weighted by molar-refractivity contribution is -0.125. The Bertz CT molecular complexity index is 853. The number of thiophene rings is 1. The highest BCUT2D eigenvalue weighted by atomic mass is 32.1. The topological polar surface area (TPSA) is 79.2 Å². The van der Waals surface area contributed by atoms with E-state index in [0.29, 0.717) is 10.1 Å². The molecule has 0 aliphatic heterocycles. The molecule has 5 nitrogen and oxygen atoms in total. The molecular formula is C17H15FN2O3S. The van der Waals surface area contributed by atoms with Crippen molar-refractivity contribution >= 4 is 33.3 Å². The molecule has 0 saturated heterocycles. The molecule has 1 atom stereocenters. The molecule has 1 heterocycles. The first-order chi connectivity index (χ1) is 11.4. The molecular weight excluding hydrogens is 331 g/mol. The fraction of sp³-hybridized carbons (Fsp3) is 0.353. The van der Waals surface area contributed by atoms with Crippen molar-refractivity contribution in [3.8, 4) is 6.07 Å². The molecule has 2 aromatic rings. The van der Waals surface area contributed by atoms with Gasteiger partial charge < -0.3 is 10.1 Å². The molecule has 7 heteroatoms. The quantitative estimate of drug-likeness (QED) is 0.844. The number of nitrogens with zero attached hydrogens (tertiary/aromatic N) is 1. The summed E-state index contributed by atoms with van der Waals surface area (Å²) < 4.78 is 19.3. The van der Waals surface area contributed by atoms with E-state index in [1.165, 1.54) is 12.1 Å². The Morgan fingerprint density at radius 2 is 2.25 bits per heavy atom. The Labute approximate surface area is 142 Å². The highest BCUT2D eigenvalue weighted by molar-refractivity contribution is 7.20. The molecule has 0 spiro atoms. The summed E-state index contributed by atoms with van der Waals surface area (Å²) in [6.07, 6.45) is 1.80. The average Bonchev–Trinajstić information content (AvgIpc) is 3.32. The molecule has 0 bridgehead atoms. The lowest BCUT2D eigenvalue weighted by Crippen LogP contribution is -2.48. The standard InChI is InChI=1S/C17H15FN2O3S/c1-17(9-19,10-5-6-10)20-15(21)8-23-16(22)14-7-11-12(18)3-2-4-13(11)24-14/h2-4,7,10H,5-6,8H2,1H3,(H,20,21)/t17-/m0/s1. The van der Waals surface area contributed by atoms with Crippen molar-refractivity contribution in [2.75, 3.05) is 6.61 Å². The number of hydrogen-bond donors (Lipinski definition) is 1. The smallest absolute Gasteiger partial charge is 0.348 e. The predicted octanol–water partition coefficient (Wildman–Crippen LogP) is 3.01. The molecule has 3 rings (SSSR count). The van der Waals surface area contributed by atoms with Crippen LogP contribution in [0, 0.1) is 23.1 Å². The van der Waals surface area contributed by atoms with E-state index < -0.39 is 29.8 Å². The number of amides is 1. The van der Waals surface area contributed by atoms with E-state index in [2.05, 4.69) is 11.4 Å². The van der Waals surface area contributed by atoms with Gasteiger partial charge in [0.2, 0.25) is 0 Å². The van der Waals surface area contributed by atoms with E-state index in [0.717, 1.165) is 24.2 Å². The van der Waals surface area contributed by atoms with Gasteiger partial charge in [-0.1, -0.05) is 6.07 Å². The van der Waals surface area contributed by atoms with Gasteiger partial charge in [-0.2, -0.15) is 5.26 Å². The van der Waals surface area contributed by atoms with Crippen LogP contribution < -0.4 is 5.32 Å². The highest BCUT2D eigenvalue weighted by Gasteiger charge is 2.43. The molecule has 124 valence electrons. The van der Waals surface area contributed by atoms with Gasteiger partial charge in [-0.25, -0.2) is 9.18 Å². The summed E-state index contributed by atoms with van der Waals surface area (Å²) in [6, 6.07) is 8.11. The predicted molar refractivity (Wildman–Crippen MR) is 87.0 cm³/mol. The number of ether oxygens (including phenoxy) is 1. The number of nitrogens with one attached hydrogen (secondary N) is 1. The van der Waals surface area contributed by atoms with Gasteiger partial charge in [0.1, 0.15) is 16.2 Å². The van der Waals surface area contributed by atoms with E-state index in [1.54, 1.807) is 19.1 Å². The van der Waals surface area contributed by atoms with Gasteiger partial charge >= 0.3 is 5.97 Å². The third kappa shape index (κ3) is 3.24.